The molecule has 0 unspecified atom stereocenters. The van der Waals surface area contributed by atoms with Crippen LogP contribution in [0.1, 0.15) is 42.8 Å². The van der Waals surface area contributed by atoms with Gasteiger partial charge in [-0.05, 0) is 61.7 Å². The van der Waals surface area contributed by atoms with Crippen LogP contribution in [0.3, 0.4) is 0 Å². The average Bonchev–Trinajstić information content (AvgIpc) is 3.26. The molecule has 186 valence electrons. The summed E-state index contributed by atoms with van der Waals surface area (Å²) < 4.78 is 7.62. The normalized spacial score (nSPS) is 17.1. The Balaban J connectivity index is 1.30. The van der Waals surface area contributed by atoms with Gasteiger partial charge in [-0.15, -0.1) is 0 Å². The standard InChI is InChI=1S/C30H34N4O2/c1-22(24-9-4-3-5-10-24)31-30(35)25-11-8-18-33(20-25)21-29-32-27-12-6-7-13-28(27)34(29)19-23-14-16-26(36-2)17-15-23/h3-7,9-10,12-17,22,25H,8,11,18-21H2,1-2H3,(H,31,35)/t22-,25-/m1/s1. The Morgan fingerprint density at radius 1 is 1.03 bits per heavy atom. The second-order valence-electron chi connectivity index (χ2n) is 9.67. The van der Waals surface area contributed by atoms with Crippen LogP contribution < -0.4 is 10.1 Å². The van der Waals surface area contributed by atoms with Crippen molar-refractivity contribution in [3.8, 4) is 5.75 Å². The fourth-order valence-electron chi connectivity index (χ4n) is 5.11. The molecule has 0 aliphatic carbocycles. The second-order valence-corrected chi connectivity index (χ2v) is 9.67. The lowest BCUT2D eigenvalue weighted by molar-refractivity contribution is -0.127. The number of piperidine rings is 1. The van der Waals surface area contributed by atoms with Crippen molar-refractivity contribution in [2.24, 2.45) is 5.92 Å². The third kappa shape index (κ3) is 5.44. The van der Waals surface area contributed by atoms with Gasteiger partial charge in [0.15, 0.2) is 0 Å². The zero-order valence-electron chi connectivity index (χ0n) is 21.1. The number of nitrogens with zero attached hydrogens (tertiary/aromatic N) is 3. The molecule has 0 radical (unpaired) electrons. The smallest absolute Gasteiger partial charge is 0.224 e. The van der Waals surface area contributed by atoms with Crippen molar-refractivity contribution in [2.45, 2.75) is 38.9 Å². The van der Waals surface area contributed by atoms with Gasteiger partial charge in [0.2, 0.25) is 5.91 Å². The Labute approximate surface area is 212 Å². The van der Waals surface area contributed by atoms with Crippen molar-refractivity contribution < 1.29 is 9.53 Å². The van der Waals surface area contributed by atoms with Gasteiger partial charge >= 0.3 is 0 Å². The molecule has 6 heteroatoms. The van der Waals surface area contributed by atoms with E-state index in [-0.39, 0.29) is 17.9 Å². The van der Waals surface area contributed by atoms with E-state index in [0.29, 0.717) is 0 Å². The minimum atomic E-state index is -0.00988. The van der Waals surface area contributed by atoms with E-state index in [4.69, 9.17) is 9.72 Å². The van der Waals surface area contributed by atoms with E-state index in [1.54, 1.807) is 7.11 Å². The maximum Gasteiger partial charge on any atom is 0.224 e. The molecular weight excluding hydrogens is 448 g/mol. The molecule has 2 atom stereocenters. The van der Waals surface area contributed by atoms with Gasteiger partial charge < -0.3 is 14.6 Å². The topological polar surface area (TPSA) is 59.4 Å². The van der Waals surface area contributed by atoms with Crippen LogP contribution in [0.25, 0.3) is 11.0 Å². The highest BCUT2D eigenvalue weighted by atomic mass is 16.5. The maximum atomic E-state index is 13.1. The molecule has 3 aromatic carbocycles. The van der Waals surface area contributed by atoms with Gasteiger partial charge in [0.1, 0.15) is 11.6 Å². The summed E-state index contributed by atoms with van der Waals surface area (Å²) in [6.45, 7) is 5.24. The number of imidazole rings is 1. The van der Waals surface area contributed by atoms with Crippen LogP contribution in [-0.4, -0.2) is 40.6 Å². The van der Waals surface area contributed by atoms with Gasteiger partial charge in [0.25, 0.3) is 0 Å². The monoisotopic (exact) mass is 482 g/mol. The lowest BCUT2D eigenvalue weighted by Gasteiger charge is -2.32. The fraction of sp³-hybridized carbons (Fsp3) is 0.333. The lowest BCUT2D eigenvalue weighted by atomic mass is 9.96. The zero-order valence-corrected chi connectivity index (χ0v) is 21.1. The molecule has 1 N–H and O–H groups in total. The Morgan fingerprint density at radius 2 is 1.78 bits per heavy atom. The first-order chi connectivity index (χ1) is 17.6. The number of hydrogen-bond donors (Lipinski definition) is 1. The molecule has 4 aromatic rings. The molecule has 6 nitrogen and oxygen atoms in total. The minimum Gasteiger partial charge on any atom is -0.497 e. The molecule has 5 rings (SSSR count). The number of rotatable bonds is 8. The number of likely N-dealkylation sites (tertiary alicyclic amines) is 1. The summed E-state index contributed by atoms with van der Waals surface area (Å²) in [7, 11) is 1.69. The van der Waals surface area contributed by atoms with Gasteiger partial charge in [0.05, 0.1) is 36.6 Å². The molecule has 0 spiro atoms. The summed E-state index contributed by atoms with van der Waals surface area (Å²) in [6, 6.07) is 26.7. The summed E-state index contributed by atoms with van der Waals surface area (Å²) in [4.78, 5) is 20.5. The van der Waals surface area contributed by atoms with Crippen molar-refractivity contribution >= 4 is 16.9 Å². The first kappa shape index (κ1) is 24.1. The van der Waals surface area contributed by atoms with E-state index in [1.807, 2.05) is 36.4 Å². The Kier molecular flexibility index (Phi) is 7.33. The predicted molar refractivity (Wildman–Crippen MR) is 143 cm³/mol. The molecule has 1 aromatic heterocycles. The molecule has 1 fully saturated rings. The Morgan fingerprint density at radius 3 is 2.56 bits per heavy atom. The summed E-state index contributed by atoms with van der Waals surface area (Å²) in [6.07, 6.45) is 1.93. The van der Waals surface area contributed by atoms with Gasteiger partial charge in [-0.2, -0.15) is 0 Å². The van der Waals surface area contributed by atoms with Crippen LogP contribution in [0.5, 0.6) is 5.75 Å². The van der Waals surface area contributed by atoms with Crippen LogP contribution in [0.4, 0.5) is 0 Å². The Hall–Kier alpha value is -3.64. The van der Waals surface area contributed by atoms with E-state index < -0.39 is 0 Å². The van der Waals surface area contributed by atoms with Crippen molar-refractivity contribution in [1.82, 2.24) is 19.8 Å². The van der Waals surface area contributed by atoms with Gasteiger partial charge in [-0.3, -0.25) is 9.69 Å². The molecule has 1 saturated heterocycles. The van der Waals surface area contributed by atoms with Gasteiger partial charge in [0, 0.05) is 13.1 Å². The fourth-order valence-corrected chi connectivity index (χ4v) is 5.11. The first-order valence-corrected chi connectivity index (χ1v) is 12.8. The number of carbonyl (C=O) groups excluding carboxylic acids is 1. The maximum absolute atomic E-state index is 13.1. The summed E-state index contributed by atoms with van der Waals surface area (Å²) in [5, 5.41) is 3.23. The number of hydrogen-bond acceptors (Lipinski definition) is 4. The van der Waals surface area contributed by atoms with Crippen LogP contribution in [0.2, 0.25) is 0 Å². The third-order valence-electron chi connectivity index (χ3n) is 7.13. The highest BCUT2D eigenvalue weighted by molar-refractivity contribution is 5.79. The number of benzene rings is 3. The molecule has 0 bridgehead atoms. The van der Waals surface area contributed by atoms with Crippen molar-refractivity contribution in [2.75, 3.05) is 20.2 Å². The van der Waals surface area contributed by atoms with E-state index in [0.717, 1.165) is 67.2 Å². The number of para-hydroxylation sites is 2. The van der Waals surface area contributed by atoms with Crippen molar-refractivity contribution in [3.05, 3.63) is 95.8 Å². The van der Waals surface area contributed by atoms with Crippen LogP contribution >= 0.6 is 0 Å². The van der Waals surface area contributed by atoms with Gasteiger partial charge in [-0.1, -0.05) is 54.6 Å². The minimum absolute atomic E-state index is 0.00257. The number of carbonyl (C=O) groups is 1. The van der Waals surface area contributed by atoms with E-state index in [9.17, 15) is 4.79 Å². The van der Waals surface area contributed by atoms with Crippen molar-refractivity contribution in [3.63, 3.8) is 0 Å². The third-order valence-corrected chi connectivity index (χ3v) is 7.13. The lowest BCUT2D eigenvalue weighted by Crippen LogP contribution is -2.43. The number of aromatic nitrogens is 2. The summed E-state index contributed by atoms with van der Waals surface area (Å²) >= 11 is 0. The van der Waals surface area contributed by atoms with Crippen LogP contribution in [0, 0.1) is 5.92 Å². The van der Waals surface area contributed by atoms with Crippen LogP contribution in [-0.2, 0) is 17.9 Å². The highest BCUT2D eigenvalue weighted by Gasteiger charge is 2.28. The SMILES string of the molecule is COc1ccc(Cn2c(CN3CCC[C@@H](C(=O)N[C@H](C)c4ccccc4)C3)nc3ccccc32)cc1. The number of ether oxygens (including phenoxy) is 1. The first-order valence-electron chi connectivity index (χ1n) is 12.8. The second kappa shape index (κ2) is 11.0. The quantitative estimate of drug-likeness (QED) is 0.376. The largest absolute Gasteiger partial charge is 0.497 e. The van der Waals surface area contributed by atoms with E-state index in [2.05, 4.69) is 64.2 Å². The molecular formula is C30H34N4O2. The zero-order chi connectivity index (χ0) is 24.9. The number of amides is 1. The molecule has 1 aliphatic rings. The molecule has 1 aliphatic heterocycles. The molecule has 36 heavy (non-hydrogen) atoms. The van der Waals surface area contributed by atoms with Crippen molar-refractivity contribution in [1.29, 1.82) is 0 Å². The molecule has 1 amide bonds. The number of nitrogens with one attached hydrogen (secondary N) is 1. The predicted octanol–water partition coefficient (Wildman–Crippen LogP) is 5.18. The number of methoxy groups -OCH3 is 1. The molecule has 2 heterocycles. The molecule has 0 saturated carbocycles. The summed E-state index contributed by atoms with van der Waals surface area (Å²) in [5.74, 6) is 2.02. The average molecular weight is 483 g/mol. The number of fused-ring (bicyclic) bond motifs is 1. The summed E-state index contributed by atoms with van der Waals surface area (Å²) in [5.41, 5.74) is 4.46. The highest BCUT2D eigenvalue weighted by Crippen LogP contribution is 2.24. The van der Waals surface area contributed by atoms with E-state index in [1.165, 1.54) is 5.56 Å². The van der Waals surface area contributed by atoms with E-state index >= 15 is 0 Å². The van der Waals surface area contributed by atoms with Crippen LogP contribution in [0.15, 0.2) is 78.9 Å². The van der Waals surface area contributed by atoms with Gasteiger partial charge in [-0.25, -0.2) is 4.98 Å². The Bertz CT molecular complexity index is 1300.